The zero-order chi connectivity index (χ0) is 25.9. The summed E-state index contributed by atoms with van der Waals surface area (Å²) in [7, 11) is 0. The Morgan fingerprint density at radius 1 is 0.806 bits per heavy atom. The van der Waals surface area contributed by atoms with Gasteiger partial charge in [-0.3, -0.25) is 19.2 Å². The van der Waals surface area contributed by atoms with Gasteiger partial charge in [0.2, 0.25) is 17.7 Å². The lowest BCUT2D eigenvalue weighted by molar-refractivity contribution is -0.132. The lowest BCUT2D eigenvalue weighted by Crippen LogP contribution is -2.54. The molecule has 36 heavy (non-hydrogen) atoms. The van der Waals surface area contributed by atoms with Crippen LogP contribution in [0.1, 0.15) is 30.9 Å². The fourth-order valence-corrected chi connectivity index (χ4v) is 3.86. The molecule has 0 bridgehead atoms. The van der Waals surface area contributed by atoms with Crippen LogP contribution in [0.15, 0.2) is 72.8 Å². The van der Waals surface area contributed by atoms with E-state index in [0.29, 0.717) is 6.21 Å². The fraction of sp³-hybridized carbons (Fsp3) is 0.250. The summed E-state index contributed by atoms with van der Waals surface area (Å²) in [6.07, 6.45) is 0.890. The Balaban J connectivity index is 1.73. The van der Waals surface area contributed by atoms with Crippen molar-refractivity contribution in [1.29, 1.82) is 5.41 Å². The van der Waals surface area contributed by atoms with Crippen molar-refractivity contribution in [2.24, 2.45) is 0 Å². The third-order valence-electron chi connectivity index (χ3n) is 5.73. The van der Waals surface area contributed by atoms with Gasteiger partial charge in [-0.1, -0.05) is 72.8 Å². The highest BCUT2D eigenvalue weighted by atomic mass is 16.2. The summed E-state index contributed by atoms with van der Waals surface area (Å²) in [5.41, 5.74) is 1.74. The molecule has 2 atom stereocenters. The maximum absolute atomic E-state index is 13.2. The molecule has 8 heteroatoms. The molecule has 0 aromatic heterocycles. The second-order valence-corrected chi connectivity index (χ2v) is 8.55. The van der Waals surface area contributed by atoms with Gasteiger partial charge >= 0.3 is 0 Å². The molecule has 0 unspecified atom stereocenters. The summed E-state index contributed by atoms with van der Waals surface area (Å²) < 4.78 is 0. The van der Waals surface area contributed by atoms with E-state index in [1.54, 1.807) is 0 Å². The summed E-state index contributed by atoms with van der Waals surface area (Å²) in [5, 5.41) is 17.3. The average molecular weight is 487 g/mol. The van der Waals surface area contributed by atoms with Crippen molar-refractivity contribution in [3.8, 4) is 0 Å². The Labute approximate surface area is 210 Å². The Morgan fingerprint density at radius 3 is 2.19 bits per heavy atom. The standard InChI is InChI=1S/C28H30N4O4/c1-19(33)31-26(16-21-11-12-22-9-5-6-10-23(22)15-21)28(36)32-25(14-13-24(34)17-29)27(35)30-18-20-7-3-2-4-8-20/h2-12,15,17,25-26,29H,13-14,16,18H2,1H3,(H,30,35)(H,31,33)(H,32,36)/t25-,26-/m0/s1. The summed E-state index contributed by atoms with van der Waals surface area (Å²) >= 11 is 0. The lowest BCUT2D eigenvalue weighted by atomic mass is 10.0. The van der Waals surface area contributed by atoms with Gasteiger partial charge in [0, 0.05) is 26.3 Å². The minimum absolute atomic E-state index is 0.0311. The number of fused-ring (bicyclic) bond motifs is 1. The van der Waals surface area contributed by atoms with E-state index in [0.717, 1.165) is 21.9 Å². The Kier molecular flexibility index (Phi) is 9.45. The number of amides is 3. The van der Waals surface area contributed by atoms with Crippen LogP contribution in [0, 0.1) is 5.41 Å². The van der Waals surface area contributed by atoms with Crippen LogP contribution in [0.3, 0.4) is 0 Å². The highest BCUT2D eigenvalue weighted by molar-refractivity contribution is 6.26. The smallest absolute Gasteiger partial charge is 0.243 e. The maximum atomic E-state index is 13.2. The molecule has 3 rings (SSSR count). The quantitative estimate of drug-likeness (QED) is 0.294. The molecular formula is C28H30N4O4. The molecular weight excluding hydrogens is 456 g/mol. The molecule has 3 amide bonds. The zero-order valence-electron chi connectivity index (χ0n) is 20.1. The van der Waals surface area contributed by atoms with Gasteiger partial charge in [0.15, 0.2) is 5.78 Å². The average Bonchev–Trinajstić information content (AvgIpc) is 2.89. The van der Waals surface area contributed by atoms with Crippen molar-refractivity contribution >= 4 is 40.5 Å². The van der Waals surface area contributed by atoms with Gasteiger partial charge < -0.3 is 21.4 Å². The minimum Gasteiger partial charge on any atom is -0.350 e. The van der Waals surface area contributed by atoms with Crippen molar-refractivity contribution in [2.75, 3.05) is 0 Å². The van der Waals surface area contributed by atoms with E-state index in [9.17, 15) is 19.2 Å². The number of carbonyl (C=O) groups excluding carboxylic acids is 4. The molecule has 0 saturated carbocycles. The van der Waals surface area contributed by atoms with E-state index in [4.69, 9.17) is 5.41 Å². The molecule has 4 N–H and O–H groups in total. The molecule has 3 aromatic rings. The SMILES string of the molecule is CC(=O)N[C@@H](Cc1ccc2ccccc2c1)C(=O)N[C@@H](CCC(=O)C=N)C(=O)NCc1ccccc1. The molecule has 186 valence electrons. The number of carbonyl (C=O) groups is 4. The van der Waals surface area contributed by atoms with E-state index in [1.165, 1.54) is 6.92 Å². The molecule has 0 fully saturated rings. The Bertz CT molecular complexity index is 1240. The molecule has 3 aromatic carbocycles. The van der Waals surface area contributed by atoms with Crippen LogP contribution in [-0.4, -0.2) is 41.8 Å². The van der Waals surface area contributed by atoms with Gasteiger partial charge in [-0.25, -0.2) is 0 Å². The molecule has 0 aliphatic heterocycles. The van der Waals surface area contributed by atoms with E-state index >= 15 is 0 Å². The number of Topliss-reactive ketones (excluding diaryl/α,β-unsaturated/α-hetero) is 1. The first kappa shape index (κ1) is 26.3. The molecule has 0 spiro atoms. The minimum atomic E-state index is -1.00. The van der Waals surface area contributed by atoms with Crippen LogP contribution in [0.4, 0.5) is 0 Å². The molecule has 8 nitrogen and oxygen atoms in total. The highest BCUT2D eigenvalue weighted by Crippen LogP contribution is 2.17. The van der Waals surface area contributed by atoms with Gasteiger partial charge in [-0.15, -0.1) is 0 Å². The molecule has 0 saturated heterocycles. The lowest BCUT2D eigenvalue weighted by Gasteiger charge is -2.23. The fourth-order valence-electron chi connectivity index (χ4n) is 3.86. The third-order valence-corrected chi connectivity index (χ3v) is 5.73. The first-order valence-electron chi connectivity index (χ1n) is 11.8. The number of nitrogens with one attached hydrogen (secondary N) is 4. The molecule has 0 radical (unpaired) electrons. The summed E-state index contributed by atoms with van der Waals surface area (Å²) in [6.45, 7) is 1.59. The van der Waals surface area contributed by atoms with E-state index < -0.39 is 29.7 Å². The van der Waals surface area contributed by atoms with Crippen molar-refractivity contribution in [3.63, 3.8) is 0 Å². The second kappa shape index (κ2) is 12.9. The predicted octanol–water partition coefficient (Wildman–Crippen LogP) is 2.69. The molecule has 0 heterocycles. The Morgan fingerprint density at radius 2 is 1.50 bits per heavy atom. The number of ketones is 1. The van der Waals surface area contributed by atoms with Crippen LogP contribution in [0.25, 0.3) is 10.8 Å². The van der Waals surface area contributed by atoms with Gasteiger partial charge in [0.05, 0.1) is 6.21 Å². The van der Waals surface area contributed by atoms with Crippen molar-refractivity contribution in [3.05, 3.63) is 83.9 Å². The number of hydrogen-bond acceptors (Lipinski definition) is 5. The van der Waals surface area contributed by atoms with E-state index in [2.05, 4.69) is 16.0 Å². The van der Waals surface area contributed by atoms with Crippen LogP contribution in [-0.2, 0) is 32.1 Å². The zero-order valence-corrected chi connectivity index (χ0v) is 20.1. The van der Waals surface area contributed by atoms with Gasteiger partial charge in [0.1, 0.15) is 12.1 Å². The largest absolute Gasteiger partial charge is 0.350 e. The summed E-state index contributed by atoms with van der Waals surface area (Å²) in [5.74, 6) is -1.79. The van der Waals surface area contributed by atoms with Gasteiger partial charge in [0.25, 0.3) is 0 Å². The number of hydrogen-bond donors (Lipinski definition) is 4. The normalized spacial score (nSPS) is 12.2. The van der Waals surface area contributed by atoms with E-state index in [-0.39, 0.29) is 31.7 Å². The first-order chi connectivity index (χ1) is 17.4. The highest BCUT2D eigenvalue weighted by Gasteiger charge is 2.27. The first-order valence-corrected chi connectivity index (χ1v) is 11.8. The van der Waals surface area contributed by atoms with Crippen molar-refractivity contribution in [1.82, 2.24) is 16.0 Å². The predicted molar refractivity (Wildman–Crippen MR) is 139 cm³/mol. The summed E-state index contributed by atoms with van der Waals surface area (Å²) in [6, 6.07) is 21.1. The van der Waals surface area contributed by atoms with E-state index in [1.807, 2.05) is 72.8 Å². The van der Waals surface area contributed by atoms with Gasteiger partial charge in [-0.2, -0.15) is 0 Å². The third kappa shape index (κ3) is 7.87. The van der Waals surface area contributed by atoms with Gasteiger partial charge in [-0.05, 0) is 28.3 Å². The Hall–Kier alpha value is -4.33. The van der Waals surface area contributed by atoms with Crippen LogP contribution >= 0.6 is 0 Å². The molecule has 0 aliphatic carbocycles. The number of rotatable bonds is 12. The van der Waals surface area contributed by atoms with Crippen LogP contribution in [0.2, 0.25) is 0 Å². The molecule has 0 aliphatic rings. The van der Waals surface area contributed by atoms with Crippen molar-refractivity contribution < 1.29 is 19.2 Å². The monoisotopic (exact) mass is 486 g/mol. The summed E-state index contributed by atoms with van der Waals surface area (Å²) in [4.78, 5) is 49.7. The maximum Gasteiger partial charge on any atom is 0.243 e. The second-order valence-electron chi connectivity index (χ2n) is 8.55. The van der Waals surface area contributed by atoms with Crippen LogP contribution < -0.4 is 16.0 Å². The van der Waals surface area contributed by atoms with Crippen molar-refractivity contribution in [2.45, 2.75) is 44.8 Å². The van der Waals surface area contributed by atoms with Crippen LogP contribution in [0.5, 0.6) is 0 Å². The topological polar surface area (TPSA) is 128 Å². The number of benzene rings is 3.